The molecule has 2 rings (SSSR count). The quantitative estimate of drug-likeness (QED) is 0.609. The molecule has 0 bridgehead atoms. The Morgan fingerprint density at radius 2 is 1.96 bits per heavy atom. The van der Waals surface area contributed by atoms with Gasteiger partial charge in [-0.2, -0.15) is 0 Å². The van der Waals surface area contributed by atoms with Crippen LogP contribution in [0, 0.1) is 0 Å². The molecule has 1 aromatic carbocycles. The molecule has 0 aliphatic carbocycles. The minimum Gasteiger partial charge on any atom is -0.465 e. The van der Waals surface area contributed by atoms with E-state index in [4.69, 9.17) is 9.84 Å². The van der Waals surface area contributed by atoms with Crippen molar-refractivity contribution in [3.05, 3.63) is 59.9 Å². The van der Waals surface area contributed by atoms with E-state index in [0.29, 0.717) is 11.4 Å². The summed E-state index contributed by atoms with van der Waals surface area (Å²) in [5, 5.41) is 22.7. The van der Waals surface area contributed by atoms with E-state index in [2.05, 4.69) is 15.6 Å². The molecule has 1 heterocycles. The van der Waals surface area contributed by atoms with E-state index in [9.17, 15) is 14.7 Å². The Labute approximate surface area is 144 Å². The molecule has 8 heteroatoms. The number of aliphatic hydroxyl groups is 1. The van der Waals surface area contributed by atoms with E-state index in [1.807, 2.05) is 30.3 Å². The molecule has 2 aromatic rings. The van der Waals surface area contributed by atoms with Crippen LogP contribution in [0.1, 0.15) is 11.3 Å². The average Bonchev–Trinajstić information content (AvgIpc) is 2.60. The highest BCUT2D eigenvalue weighted by molar-refractivity contribution is 5.84. The molecule has 0 aliphatic rings. The van der Waals surface area contributed by atoms with Crippen molar-refractivity contribution < 1.29 is 24.5 Å². The highest BCUT2D eigenvalue weighted by atomic mass is 16.5. The van der Waals surface area contributed by atoms with Gasteiger partial charge in [0.15, 0.2) is 0 Å². The number of nitrogens with one attached hydrogen (secondary N) is 2. The van der Waals surface area contributed by atoms with Crippen LogP contribution >= 0.6 is 0 Å². The van der Waals surface area contributed by atoms with Crippen molar-refractivity contribution in [2.45, 2.75) is 19.1 Å². The van der Waals surface area contributed by atoms with Gasteiger partial charge in [-0.15, -0.1) is 0 Å². The van der Waals surface area contributed by atoms with E-state index in [1.54, 1.807) is 12.1 Å². The van der Waals surface area contributed by atoms with Crippen molar-refractivity contribution in [1.82, 2.24) is 10.3 Å². The largest absolute Gasteiger partial charge is 0.465 e. The first kappa shape index (κ1) is 18.2. The second-order valence-electron chi connectivity index (χ2n) is 5.26. The van der Waals surface area contributed by atoms with Crippen LogP contribution in [0.15, 0.2) is 48.7 Å². The van der Waals surface area contributed by atoms with Crippen LogP contribution < -0.4 is 10.6 Å². The summed E-state index contributed by atoms with van der Waals surface area (Å²) in [6, 6.07) is 11.8. The van der Waals surface area contributed by atoms with Gasteiger partial charge in [0, 0.05) is 24.0 Å². The molecule has 4 N–H and O–H groups in total. The third-order valence-corrected chi connectivity index (χ3v) is 3.28. The number of aliphatic hydroxyl groups excluding tert-OH is 1. The molecular formula is C17H19N3O5. The number of ether oxygens (including phenoxy) is 1. The summed E-state index contributed by atoms with van der Waals surface area (Å²) in [6.07, 6.45) is -0.157. The number of carboxylic acid groups (broad SMARTS) is 1. The van der Waals surface area contributed by atoms with E-state index in [-0.39, 0.29) is 19.6 Å². The monoisotopic (exact) mass is 345 g/mol. The lowest BCUT2D eigenvalue weighted by Crippen LogP contribution is -2.38. The summed E-state index contributed by atoms with van der Waals surface area (Å²) in [5.41, 5.74) is 1.86. The van der Waals surface area contributed by atoms with Gasteiger partial charge >= 0.3 is 12.2 Å². The van der Waals surface area contributed by atoms with Crippen LogP contribution in [0.25, 0.3) is 0 Å². The zero-order valence-electron chi connectivity index (χ0n) is 13.4. The second-order valence-corrected chi connectivity index (χ2v) is 5.26. The molecule has 1 aromatic heterocycles. The summed E-state index contributed by atoms with van der Waals surface area (Å²) in [4.78, 5) is 26.6. The number of hydrogen-bond acceptors (Lipinski definition) is 5. The van der Waals surface area contributed by atoms with Crippen molar-refractivity contribution in [2.75, 3.05) is 11.9 Å². The van der Waals surface area contributed by atoms with Crippen LogP contribution in [0.2, 0.25) is 0 Å². The average molecular weight is 345 g/mol. The highest BCUT2D eigenvalue weighted by Crippen LogP contribution is 2.11. The molecule has 0 saturated heterocycles. The third-order valence-electron chi connectivity index (χ3n) is 3.28. The summed E-state index contributed by atoms with van der Waals surface area (Å²) < 4.78 is 5.13. The molecule has 0 spiro atoms. The fourth-order valence-electron chi connectivity index (χ4n) is 2.13. The lowest BCUT2D eigenvalue weighted by molar-refractivity contribution is 0.155. The summed E-state index contributed by atoms with van der Waals surface area (Å²) >= 11 is 0. The Balaban J connectivity index is 1.89. The first-order chi connectivity index (χ1) is 12.1. The van der Waals surface area contributed by atoms with Crippen LogP contribution in [0.3, 0.4) is 0 Å². The second kappa shape index (κ2) is 9.24. The molecule has 25 heavy (non-hydrogen) atoms. The number of hydrogen-bond donors (Lipinski definition) is 4. The number of rotatable bonds is 7. The van der Waals surface area contributed by atoms with Crippen LogP contribution in [-0.2, 0) is 17.8 Å². The first-order valence-corrected chi connectivity index (χ1v) is 7.60. The van der Waals surface area contributed by atoms with Gasteiger partial charge in [0.2, 0.25) is 0 Å². The fourth-order valence-corrected chi connectivity index (χ4v) is 2.13. The number of pyridine rings is 1. The molecule has 1 atom stereocenters. The standard InChI is InChI=1S/C17H19N3O5/c21-10-15(19-16(22)23)9-14-8-13(6-7-18-14)20-17(24)25-11-12-4-2-1-3-5-12/h1-8,15,19,21H,9-11H2,(H,22,23)(H,18,20,24). The van der Waals surface area contributed by atoms with Crippen molar-refractivity contribution in [3.63, 3.8) is 0 Å². The summed E-state index contributed by atoms with van der Waals surface area (Å²) in [5.74, 6) is 0. The van der Waals surface area contributed by atoms with Crippen LogP contribution in [0.5, 0.6) is 0 Å². The fraction of sp³-hybridized carbons (Fsp3) is 0.235. The van der Waals surface area contributed by atoms with Crippen molar-refractivity contribution in [1.29, 1.82) is 0 Å². The van der Waals surface area contributed by atoms with E-state index in [0.717, 1.165) is 5.56 Å². The zero-order valence-corrected chi connectivity index (χ0v) is 13.4. The minimum atomic E-state index is -1.22. The Kier molecular flexibility index (Phi) is 6.73. The van der Waals surface area contributed by atoms with Gasteiger partial charge in [0.1, 0.15) is 6.61 Å². The highest BCUT2D eigenvalue weighted by Gasteiger charge is 2.13. The maximum atomic E-state index is 11.8. The van der Waals surface area contributed by atoms with Crippen molar-refractivity contribution in [3.8, 4) is 0 Å². The van der Waals surface area contributed by atoms with Gasteiger partial charge in [0.05, 0.1) is 12.6 Å². The number of anilines is 1. The maximum absolute atomic E-state index is 11.8. The maximum Gasteiger partial charge on any atom is 0.411 e. The number of amides is 2. The molecule has 0 radical (unpaired) electrons. The molecule has 0 fully saturated rings. The Morgan fingerprint density at radius 3 is 2.64 bits per heavy atom. The minimum absolute atomic E-state index is 0.153. The summed E-state index contributed by atoms with van der Waals surface area (Å²) in [6.45, 7) is -0.204. The van der Waals surface area contributed by atoms with E-state index < -0.39 is 18.2 Å². The van der Waals surface area contributed by atoms with Gasteiger partial charge in [0.25, 0.3) is 0 Å². The smallest absolute Gasteiger partial charge is 0.411 e. The predicted molar refractivity (Wildman–Crippen MR) is 90.2 cm³/mol. The van der Waals surface area contributed by atoms with Gasteiger partial charge in [-0.25, -0.2) is 9.59 Å². The molecule has 0 saturated carbocycles. The van der Waals surface area contributed by atoms with Crippen molar-refractivity contribution in [2.24, 2.45) is 0 Å². The van der Waals surface area contributed by atoms with Crippen LogP contribution in [-0.4, -0.2) is 40.0 Å². The van der Waals surface area contributed by atoms with Gasteiger partial charge in [-0.05, 0) is 17.7 Å². The Hall–Kier alpha value is -3.13. The predicted octanol–water partition coefficient (Wildman–Crippen LogP) is 2.00. The van der Waals surface area contributed by atoms with Gasteiger partial charge < -0.3 is 20.3 Å². The van der Waals surface area contributed by atoms with Gasteiger partial charge in [-0.1, -0.05) is 30.3 Å². The van der Waals surface area contributed by atoms with E-state index >= 15 is 0 Å². The molecular weight excluding hydrogens is 326 g/mol. The number of carbonyl (C=O) groups excluding carboxylic acids is 1. The summed E-state index contributed by atoms with van der Waals surface area (Å²) in [7, 11) is 0. The van der Waals surface area contributed by atoms with Crippen molar-refractivity contribution >= 4 is 17.9 Å². The third kappa shape index (κ3) is 6.48. The Bertz CT molecular complexity index is 708. The molecule has 132 valence electrons. The first-order valence-electron chi connectivity index (χ1n) is 7.60. The number of benzene rings is 1. The normalized spacial score (nSPS) is 11.4. The SMILES string of the molecule is O=C(O)NC(CO)Cc1cc(NC(=O)OCc2ccccc2)ccn1. The van der Waals surface area contributed by atoms with Crippen LogP contribution in [0.4, 0.5) is 15.3 Å². The molecule has 0 aliphatic heterocycles. The molecule has 8 nitrogen and oxygen atoms in total. The van der Waals surface area contributed by atoms with Gasteiger partial charge in [-0.3, -0.25) is 10.3 Å². The topological polar surface area (TPSA) is 121 Å². The number of nitrogens with zero attached hydrogens (tertiary/aromatic N) is 1. The lowest BCUT2D eigenvalue weighted by Gasteiger charge is -2.14. The Morgan fingerprint density at radius 1 is 1.20 bits per heavy atom. The molecule has 2 amide bonds. The lowest BCUT2D eigenvalue weighted by atomic mass is 10.1. The number of aromatic nitrogens is 1. The van der Waals surface area contributed by atoms with E-state index in [1.165, 1.54) is 6.20 Å². The zero-order chi connectivity index (χ0) is 18.1. The number of carbonyl (C=O) groups is 2. The molecule has 1 unspecified atom stereocenters.